The highest BCUT2D eigenvalue weighted by molar-refractivity contribution is 7.09. The number of para-hydroxylation sites is 1. The number of carbonyl (C=O) groups excluding carboxylic acids is 2. The topological polar surface area (TPSA) is 68.8 Å². The minimum Gasteiger partial charge on any atom is -0.340 e. The van der Waals surface area contributed by atoms with Crippen molar-refractivity contribution in [2.45, 2.75) is 40.2 Å². The number of amides is 2. The van der Waals surface area contributed by atoms with Crippen molar-refractivity contribution in [1.29, 1.82) is 0 Å². The van der Waals surface area contributed by atoms with Crippen molar-refractivity contribution in [2.75, 3.05) is 51.1 Å². The van der Waals surface area contributed by atoms with E-state index >= 15 is 0 Å². The van der Waals surface area contributed by atoms with E-state index in [1.165, 1.54) is 0 Å². The summed E-state index contributed by atoms with van der Waals surface area (Å²) in [7, 11) is 0. The Morgan fingerprint density at radius 1 is 1.00 bits per heavy atom. The molecule has 2 saturated heterocycles. The van der Waals surface area contributed by atoms with Gasteiger partial charge in [0.2, 0.25) is 11.8 Å². The fourth-order valence-corrected chi connectivity index (χ4v) is 5.43. The van der Waals surface area contributed by atoms with Crippen LogP contribution in [0.15, 0.2) is 23.6 Å². The first-order chi connectivity index (χ1) is 15.9. The summed E-state index contributed by atoms with van der Waals surface area (Å²) >= 11 is 1.69. The molecule has 0 radical (unpaired) electrons. The molecule has 0 bridgehead atoms. The molecule has 178 valence electrons. The molecule has 0 saturated carbocycles. The average molecular weight is 470 g/mol. The number of thiazole rings is 1. The van der Waals surface area contributed by atoms with E-state index in [4.69, 9.17) is 0 Å². The molecule has 2 aliphatic heterocycles. The number of benzene rings is 1. The molecular formula is C25H35N5O2S. The van der Waals surface area contributed by atoms with Crippen LogP contribution in [-0.2, 0) is 16.1 Å². The molecule has 33 heavy (non-hydrogen) atoms. The zero-order chi connectivity index (χ0) is 23.4. The summed E-state index contributed by atoms with van der Waals surface area (Å²) < 4.78 is 0. The first-order valence-electron chi connectivity index (χ1n) is 11.9. The normalized spacial score (nSPS) is 18.5. The first-order valence-corrected chi connectivity index (χ1v) is 12.8. The predicted octanol–water partition coefficient (Wildman–Crippen LogP) is 3.06. The number of aromatic nitrogens is 1. The number of hydrogen-bond acceptors (Lipinski definition) is 6. The summed E-state index contributed by atoms with van der Waals surface area (Å²) in [6.45, 7) is 12.1. The molecule has 3 heterocycles. The number of piperazine rings is 1. The van der Waals surface area contributed by atoms with E-state index < -0.39 is 0 Å². The van der Waals surface area contributed by atoms with Crippen LogP contribution in [-0.4, -0.2) is 77.3 Å². The van der Waals surface area contributed by atoms with Gasteiger partial charge in [0.25, 0.3) is 0 Å². The highest BCUT2D eigenvalue weighted by Crippen LogP contribution is 2.23. The molecule has 2 fully saturated rings. The van der Waals surface area contributed by atoms with Crippen molar-refractivity contribution >= 4 is 28.8 Å². The summed E-state index contributed by atoms with van der Waals surface area (Å²) in [5.41, 5.74) is 4.20. The average Bonchev–Trinajstić information content (AvgIpc) is 3.21. The quantitative estimate of drug-likeness (QED) is 0.704. The van der Waals surface area contributed by atoms with Crippen molar-refractivity contribution in [2.24, 2.45) is 5.92 Å². The third kappa shape index (κ3) is 6.19. The van der Waals surface area contributed by atoms with Crippen LogP contribution in [0.3, 0.4) is 0 Å². The Kier molecular flexibility index (Phi) is 7.78. The van der Waals surface area contributed by atoms with Crippen molar-refractivity contribution in [3.8, 4) is 0 Å². The second-order valence-electron chi connectivity index (χ2n) is 9.32. The fraction of sp³-hybridized carbons (Fsp3) is 0.560. The van der Waals surface area contributed by atoms with E-state index in [1.54, 1.807) is 11.3 Å². The van der Waals surface area contributed by atoms with E-state index in [1.807, 2.05) is 43.9 Å². The van der Waals surface area contributed by atoms with Crippen molar-refractivity contribution < 1.29 is 9.59 Å². The van der Waals surface area contributed by atoms with Gasteiger partial charge in [0.1, 0.15) is 0 Å². The molecule has 0 unspecified atom stereocenters. The molecule has 0 aliphatic carbocycles. The Labute approximate surface area is 200 Å². The zero-order valence-electron chi connectivity index (χ0n) is 20.0. The number of rotatable bonds is 6. The maximum atomic E-state index is 13.1. The summed E-state index contributed by atoms with van der Waals surface area (Å²) in [6, 6.07) is 6.02. The highest BCUT2D eigenvalue weighted by Gasteiger charge is 2.31. The fourth-order valence-electron chi connectivity index (χ4n) is 4.83. The number of nitrogens with one attached hydrogen (secondary N) is 1. The van der Waals surface area contributed by atoms with Gasteiger partial charge in [0.15, 0.2) is 0 Å². The molecule has 2 aliphatic rings. The SMILES string of the molecule is Cc1nc(CN2CCC(C(=O)N3CCN(CC(=O)Nc4c(C)cccc4C)CC3)CC2)cs1. The minimum atomic E-state index is 0.00912. The van der Waals surface area contributed by atoms with Crippen LogP contribution in [0.4, 0.5) is 5.69 Å². The largest absolute Gasteiger partial charge is 0.340 e. The Morgan fingerprint density at radius 3 is 2.27 bits per heavy atom. The lowest BCUT2D eigenvalue weighted by Gasteiger charge is -2.38. The lowest BCUT2D eigenvalue weighted by molar-refractivity contribution is -0.139. The summed E-state index contributed by atoms with van der Waals surface area (Å²) in [4.78, 5) is 36.8. The van der Waals surface area contributed by atoms with Gasteiger partial charge in [-0.3, -0.25) is 19.4 Å². The number of piperidine rings is 1. The number of hydrogen-bond donors (Lipinski definition) is 1. The third-order valence-corrected chi connectivity index (χ3v) is 7.61. The Balaban J connectivity index is 1.19. The van der Waals surface area contributed by atoms with Crippen LogP contribution in [0.1, 0.15) is 34.7 Å². The first kappa shape index (κ1) is 23.9. The van der Waals surface area contributed by atoms with Gasteiger partial charge in [-0.1, -0.05) is 18.2 Å². The molecule has 1 aromatic heterocycles. The third-order valence-electron chi connectivity index (χ3n) is 6.79. The van der Waals surface area contributed by atoms with Gasteiger partial charge in [0, 0.05) is 49.7 Å². The van der Waals surface area contributed by atoms with Crippen molar-refractivity contribution in [3.63, 3.8) is 0 Å². The van der Waals surface area contributed by atoms with Crippen LogP contribution in [0.25, 0.3) is 0 Å². The van der Waals surface area contributed by atoms with Gasteiger partial charge in [-0.05, 0) is 57.8 Å². The molecule has 1 N–H and O–H groups in total. The molecule has 2 aromatic rings. The van der Waals surface area contributed by atoms with Crippen LogP contribution in [0, 0.1) is 26.7 Å². The van der Waals surface area contributed by atoms with Gasteiger partial charge < -0.3 is 10.2 Å². The Morgan fingerprint density at radius 2 is 1.67 bits per heavy atom. The lowest BCUT2D eigenvalue weighted by Crippen LogP contribution is -2.52. The maximum absolute atomic E-state index is 13.1. The summed E-state index contributed by atoms with van der Waals surface area (Å²) in [5, 5.41) is 6.31. The Hall–Kier alpha value is -2.29. The van der Waals surface area contributed by atoms with Gasteiger partial charge in [-0.15, -0.1) is 11.3 Å². The van der Waals surface area contributed by atoms with E-state index in [-0.39, 0.29) is 11.8 Å². The smallest absolute Gasteiger partial charge is 0.238 e. The van der Waals surface area contributed by atoms with Gasteiger partial charge in [0.05, 0.1) is 17.2 Å². The highest BCUT2D eigenvalue weighted by atomic mass is 32.1. The standard InChI is InChI=1S/C25H35N5O2S/c1-18-5-4-6-19(2)24(18)27-23(31)16-29-11-13-30(14-12-29)25(32)21-7-9-28(10-8-21)15-22-17-33-20(3)26-22/h4-6,17,21H,7-16H2,1-3H3,(H,27,31). The molecule has 0 spiro atoms. The number of nitrogens with zero attached hydrogens (tertiary/aromatic N) is 4. The van der Waals surface area contributed by atoms with Gasteiger partial charge >= 0.3 is 0 Å². The number of likely N-dealkylation sites (tertiary alicyclic amines) is 1. The number of carbonyl (C=O) groups is 2. The van der Waals surface area contributed by atoms with E-state index in [9.17, 15) is 9.59 Å². The summed E-state index contributed by atoms with van der Waals surface area (Å²) in [6.07, 6.45) is 1.83. The second-order valence-corrected chi connectivity index (χ2v) is 10.4. The number of anilines is 1. The molecule has 7 nitrogen and oxygen atoms in total. The van der Waals surface area contributed by atoms with Gasteiger partial charge in [-0.25, -0.2) is 4.98 Å². The molecule has 0 atom stereocenters. The van der Waals surface area contributed by atoms with Crippen LogP contribution >= 0.6 is 11.3 Å². The molecule has 1 aromatic carbocycles. The molecule has 4 rings (SSSR count). The van der Waals surface area contributed by atoms with Crippen LogP contribution < -0.4 is 5.32 Å². The van der Waals surface area contributed by atoms with Crippen LogP contribution in [0.5, 0.6) is 0 Å². The van der Waals surface area contributed by atoms with Crippen LogP contribution in [0.2, 0.25) is 0 Å². The maximum Gasteiger partial charge on any atom is 0.238 e. The minimum absolute atomic E-state index is 0.00912. The second kappa shape index (κ2) is 10.8. The predicted molar refractivity (Wildman–Crippen MR) is 132 cm³/mol. The Bertz CT molecular complexity index is 955. The lowest BCUT2D eigenvalue weighted by atomic mass is 9.95. The molecule has 8 heteroatoms. The van der Waals surface area contributed by atoms with Crippen molar-refractivity contribution in [3.05, 3.63) is 45.4 Å². The van der Waals surface area contributed by atoms with E-state index in [2.05, 4.69) is 25.5 Å². The summed E-state index contributed by atoms with van der Waals surface area (Å²) in [5.74, 6) is 0.422. The molecule has 2 amide bonds. The van der Waals surface area contributed by atoms with E-state index in [0.29, 0.717) is 25.5 Å². The van der Waals surface area contributed by atoms with Gasteiger partial charge in [-0.2, -0.15) is 0 Å². The molecular weight excluding hydrogens is 434 g/mol. The van der Waals surface area contributed by atoms with E-state index in [0.717, 1.165) is 73.1 Å². The number of aryl methyl sites for hydroxylation is 3. The zero-order valence-corrected chi connectivity index (χ0v) is 20.8. The monoisotopic (exact) mass is 469 g/mol. The van der Waals surface area contributed by atoms with Crippen molar-refractivity contribution in [1.82, 2.24) is 19.7 Å².